The third-order valence-corrected chi connectivity index (χ3v) is 3.68. The lowest BCUT2D eigenvalue weighted by Crippen LogP contribution is -2.13. The maximum atomic E-state index is 12.5. The maximum Gasteiger partial charge on any atom is 0.433 e. The van der Waals surface area contributed by atoms with Crippen LogP contribution in [0.25, 0.3) is 0 Å². The van der Waals surface area contributed by atoms with E-state index in [-0.39, 0.29) is 5.69 Å². The molecule has 9 heteroatoms. The molecule has 0 aliphatic heterocycles. The number of hydrogen-bond donors (Lipinski definition) is 1. The van der Waals surface area contributed by atoms with Gasteiger partial charge in [0, 0.05) is 11.8 Å². The third-order valence-electron chi connectivity index (χ3n) is 2.64. The predicted octanol–water partition coefficient (Wildman–Crippen LogP) is 3.56. The Labute approximate surface area is 118 Å². The first-order valence-corrected chi connectivity index (χ1v) is 7.02. The number of pyridine rings is 1. The fourth-order valence-corrected chi connectivity index (χ4v) is 1.77. The van der Waals surface area contributed by atoms with Crippen LogP contribution in [0.15, 0.2) is 12.3 Å². The van der Waals surface area contributed by atoms with Crippen LogP contribution < -0.4 is 5.32 Å². The Morgan fingerprint density at radius 3 is 2.70 bits per heavy atom. The third kappa shape index (κ3) is 4.55. The second-order valence-electron chi connectivity index (χ2n) is 4.10. The fourth-order valence-electron chi connectivity index (χ4n) is 1.42. The maximum absolute atomic E-state index is 12.5. The molecule has 0 spiro atoms. The largest absolute Gasteiger partial charge is 0.433 e. The summed E-state index contributed by atoms with van der Waals surface area (Å²) in [6.07, 6.45) is -1.40. The minimum atomic E-state index is -4.63. The summed E-state index contributed by atoms with van der Waals surface area (Å²) in [7, 11) is 0. The Bertz CT molecular complexity index is 482. The molecule has 0 aliphatic rings. The lowest BCUT2D eigenvalue weighted by molar-refractivity contribution is -0.384. The van der Waals surface area contributed by atoms with Crippen LogP contribution in [0.2, 0.25) is 0 Å². The molecule has 0 radical (unpaired) electrons. The van der Waals surface area contributed by atoms with Gasteiger partial charge in [-0.05, 0) is 18.7 Å². The van der Waals surface area contributed by atoms with Crippen molar-refractivity contribution in [2.45, 2.75) is 24.8 Å². The summed E-state index contributed by atoms with van der Waals surface area (Å²) >= 11 is 1.61. The Hall–Kier alpha value is -1.51. The lowest BCUT2D eigenvalue weighted by atomic mass is 10.2. The molecular weight excluding hydrogens is 295 g/mol. The van der Waals surface area contributed by atoms with Crippen molar-refractivity contribution in [1.82, 2.24) is 4.98 Å². The van der Waals surface area contributed by atoms with E-state index in [0.29, 0.717) is 30.5 Å². The first kappa shape index (κ1) is 16.5. The number of hydrogen-bond acceptors (Lipinski definition) is 5. The number of alkyl halides is 3. The minimum Gasteiger partial charge on any atom is -0.379 e. The van der Waals surface area contributed by atoms with Crippen LogP contribution in [0.3, 0.4) is 0 Å². The molecule has 1 aromatic rings. The van der Waals surface area contributed by atoms with Gasteiger partial charge in [-0.25, -0.2) is 4.98 Å². The van der Waals surface area contributed by atoms with Gasteiger partial charge in [0.1, 0.15) is 17.6 Å². The average molecular weight is 309 g/mol. The van der Waals surface area contributed by atoms with Crippen LogP contribution in [0.4, 0.5) is 24.5 Å². The fraction of sp³-hybridized carbons (Fsp3) is 0.545. The highest BCUT2D eigenvalue weighted by Crippen LogP contribution is 2.32. The van der Waals surface area contributed by atoms with E-state index in [9.17, 15) is 23.3 Å². The standard InChI is InChI=1S/C11H14F3N3O2S/c1-7(20-2)3-4-15-8-5-10(11(12,13)14)16-6-9(8)17(18)19/h5-7H,3-4H2,1-2H3,(H,15,16). The molecule has 112 valence electrons. The zero-order chi connectivity index (χ0) is 15.3. The van der Waals surface area contributed by atoms with Gasteiger partial charge in [0.15, 0.2) is 0 Å². The predicted molar refractivity (Wildman–Crippen MR) is 72.0 cm³/mol. The summed E-state index contributed by atoms with van der Waals surface area (Å²) in [5.74, 6) is 0. The molecule has 1 atom stereocenters. The van der Waals surface area contributed by atoms with E-state index in [1.807, 2.05) is 13.2 Å². The van der Waals surface area contributed by atoms with Crippen molar-refractivity contribution in [3.8, 4) is 0 Å². The van der Waals surface area contributed by atoms with Crippen LogP contribution in [-0.2, 0) is 6.18 Å². The number of nitrogens with one attached hydrogen (secondary N) is 1. The zero-order valence-corrected chi connectivity index (χ0v) is 11.7. The highest BCUT2D eigenvalue weighted by Gasteiger charge is 2.34. The number of rotatable bonds is 6. The molecule has 0 bridgehead atoms. The molecule has 1 aromatic heterocycles. The van der Waals surface area contributed by atoms with Crippen LogP contribution >= 0.6 is 11.8 Å². The molecule has 5 nitrogen and oxygen atoms in total. The first-order chi connectivity index (χ1) is 9.25. The van der Waals surface area contributed by atoms with Gasteiger partial charge in [-0.2, -0.15) is 24.9 Å². The van der Waals surface area contributed by atoms with Gasteiger partial charge in [0.25, 0.3) is 0 Å². The van der Waals surface area contributed by atoms with Gasteiger partial charge < -0.3 is 5.32 Å². The smallest absolute Gasteiger partial charge is 0.379 e. The zero-order valence-electron chi connectivity index (χ0n) is 10.9. The van der Waals surface area contributed by atoms with Crippen molar-refractivity contribution in [2.75, 3.05) is 18.1 Å². The molecule has 0 amide bonds. The van der Waals surface area contributed by atoms with E-state index >= 15 is 0 Å². The van der Waals surface area contributed by atoms with Gasteiger partial charge in [-0.15, -0.1) is 0 Å². The van der Waals surface area contributed by atoms with E-state index in [4.69, 9.17) is 0 Å². The molecule has 0 aliphatic carbocycles. The first-order valence-electron chi connectivity index (χ1n) is 5.74. The second-order valence-corrected chi connectivity index (χ2v) is 5.38. The Balaban J connectivity index is 2.92. The Kier molecular flexibility index (Phi) is 5.61. The number of nitro groups is 1. The normalized spacial score (nSPS) is 13.1. The van der Waals surface area contributed by atoms with E-state index in [2.05, 4.69) is 10.3 Å². The van der Waals surface area contributed by atoms with E-state index in [0.717, 1.165) is 0 Å². The number of aromatic nitrogens is 1. The van der Waals surface area contributed by atoms with Crippen molar-refractivity contribution in [1.29, 1.82) is 0 Å². The molecule has 0 saturated carbocycles. The van der Waals surface area contributed by atoms with Crippen molar-refractivity contribution >= 4 is 23.1 Å². The van der Waals surface area contributed by atoms with Crippen LogP contribution in [-0.4, -0.2) is 28.0 Å². The molecule has 0 fully saturated rings. The van der Waals surface area contributed by atoms with Crippen molar-refractivity contribution < 1.29 is 18.1 Å². The quantitative estimate of drug-likeness (QED) is 0.643. The number of halogens is 3. The van der Waals surface area contributed by atoms with Gasteiger partial charge in [-0.3, -0.25) is 10.1 Å². The molecule has 1 heterocycles. The molecule has 1 N–H and O–H groups in total. The highest BCUT2D eigenvalue weighted by atomic mass is 32.2. The van der Waals surface area contributed by atoms with Crippen molar-refractivity contribution in [3.63, 3.8) is 0 Å². The summed E-state index contributed by atoms with van der Waals surface area (Å²) < 4.78 is 37.6. The molecule has 1 unspecified atom stereocenters. The van der Waals surface area contributed by atoms with Crippen LogP contribution in [0, 0.1) is 10.1 Å². The van der Waals surface area contributed by atoms with Gasteiger partial charge in [0.2, 0.25) is 0 Å². The minimum absolute atomic E-state index is 0.161. The lowest BCUT2D eigenvalue weighted by Gasteiger charge is -2.12. The molecule has 0 saturated heterocycles. The van der Waals surface area contributed by atoms with Gasteiger partial charge in [0.05, 0.1) is 4.92 Å². The summed E-state index contributed by atoms with van der Waals surface area (Å²) in [6, 6.07) is 0.669. The highest BCUT2D eigenvalue weighted by molar-refractivity contribution is 7.99. The Morgan fingerprint density at radius 1 is 1.55 bits per heavy atom. The van der Waals surface area contributed by atoms with Crippen molar-refractivity contribution in [3.05, 3.63) is 28.1 Å². The SMILES string of the molecule is CSC(C)CCNc1cc(C(F)(F)F)ncc1[N+](=O)[O-]. The van der Waals surface area contributed by atoms with Crippen LogP contribution in [0.1, 0.15) is 19.0 Å². The number of anilines is 1. The molecular formula is C11H14F3N3O2S. The van der Waals surface area contributed by atoms with Gasteiger partial charge in [-0.1, -0.05) is 6.92 Å². The van der Waals surface area contributed by atoms with E-state index < -0.39 is 22.5 Å². The van der Waals surface area contributed by atoms with Crippen molar-refractivity contribution in [2.24, 2.45) is 0 Å². The summed E-state index contributed by atoms with van der Waals surface area (Å²) in [5.41, 5.74) is -1.77. The van der Waals surface area contributed by atoms with Gasteiger partial charge >= 0.3 is 11.9 Å². The number of nitrogens with zero attached hydrogens (tertiary/aromatic N) is 2. The topological polar surface area (TPSA) is 68.1 Å². The van der Waals surface area contributed by atoms with E-state index in [1.165, 1.54) is 0 Å². The summed E-state index contributed by atoms with van der Waals surface area (Å²) in [6.45, 7) is 2.32. The summed E-state index contributed by atoms with van der Waals surface area (Å²) in [4.78, 5) is 13.1. The Morgan fingerprint density at radius 2 is 2.20 bits per heavy atom. The van der Waals surface area contributed by atoms with E-state index in [1.54, 1.807) is 11.8 Å². The molecule has 1 rings (SSSR count). The monoisotopic (exact) mass is 309 g/mol. The number of thioether (sulfide) groups is 1. The second kappa shape index (κ2) is 6.78. The van der Waals surface area contributed by atoms with Crippen LogP contribution in [0.5, 0.6) is 0 Å². The molecule has 20 heavy (non-hydrogen) atoms. The summed E-state index contributed by atoms with van der Waals surface area (Å²) in [5, 5.41) is 13.8. The average Bonchev–Trinajstić information content (AvgIpc) is 2.37. The molecule has 0 aromatic carbocycles.